The minimum atomic E-state index is -1.55. The highest BCUT2D eigenvalue weighted by Crippen LogP contribution is 2.67. The smallest absolute Gasteiger partial charge is 0.347 e. The van der Waals surface area contributed by atoms with Crippen molar-refractivity contribution >= 4 is 5.97 Å². The Morgan fingerprint density at radius 2 is 2.05 bits per heavy atom. The third kappa shape index (κ3) is 1.12. The molecule has 0 amide bonds. The predicted octanol–water partition coefficient (Wildman–Crippen LogP) is 0.686. The van der Waals surface area contributed by atoms with Crippen molar-refractivity contribution in [2.45, 2.75) is 49.1 Å². The summed E-state index contributed by atoms with van der Waals surface area (Å²) in [6.07, 6.45) is -1.18. The number of halogens is 2. The number of alkyl halides is 2. The molecule has 1 aromatic rings. The zero-order chi connectivity index (χ0) is 13.6. The number of rotatable bonds is 2. The summed E-state index contributed by atoms with van der Waals surface area (Å²) >= 11 is 0. The van der Waals surface area contributed by atoms with Gasteiger partial charge in [0.25, 0.3) is 0 Å². The van der Waals surface area contributed by atoms with E-state index in [1.165, 1.54) is 0 Å². The molecule has 0 spiro atoms. The Labute approximate surface area is 105 Å². The van der Waals surface area contributed by atoms with Crippen LogP contribution in [0.5, 0.6) is 0 Å². The van der Waals surface area contributed by atoms with Gasteiger partial charge in [-0.2, -0.15) is 5.10 Å². The molecule has 2 heterocycles. The van der Waals surface area contributed by atoms with E-state index in [2.05, 4.69) is 5.10 Å². The second kappa shape index (κ2) is 2.88. The number of carboxylic acids is 1. The van der Waals surface area contributed by atoms with Crippen LogP contribution in [0.15, 0.2) is 4.79 Å². The fourth-order valence-corrected chi connectivity index (χ4v) is 3.67. The predicted molar refractivity (Wildman–Crippen MR) is 57.3 cm³/mol. The van der Waals surface area contributed by atoms with Gasteiger partial charge in [-0.15, -0.1) is 0 Å². The van der Waals surface area contributed by atoms with Gasteiger partial charge in [-0.25, -0.2) is 23.1 Å². The topological polar surface area (TPSA) is 77.1 Å². The molecule has 0 radical (unpaired) electrons. The molecule has 1 N–H and O–H groups in total. The Morgan fingerprint density at radius 1 is 1.42 bits per heavy atom. The number of carboxylic acid groups (broad SMARTS) is 1. The quantitative estimate of drug-likeness (QED) is 0.858. The lowest BCUT2D eigenvalue weighted by molar-refractivity contribution is -0.205. The SMILES string of the molecule is O=C(O)[C@@H]1C[C@H](F)c2nn(C34CC(F)(C3)C4)c(=O)n21. The zero-order valence-electron chi connectivity index (χ0n) is 9.84. The molecule has 2 bridgehead atoms. The fraction of sp³-hybridized carbons (Fsp3) is 0.727. The van der Waals surface area contributed by atoms with E-state index in [9.17, 15) is 18.4 Å². The van der Waals surface area contributed by atoms with E-state index in [4.69, 9.17) is 5.11 Å². The molecule has 0 aromatic carbocycles. The number of nitrogens with zero attached hydrogens (tertiary/aromatic N) is 3. The minimum absolute atomic E-state index is 0.143. The monoisotopic (exact) mass is 271 g/mol. The number of hydrogen-bond donors (Lipinski definition) is 1. The van der Waals surface area contributed by atoms with Gasteiger partial charge >= 0.3 is 11.7 Å². The molecule has 0 unspecified atom stereocenters. The van der Waals surface area contributed by atoms with Crippen LogP contribution in [0.25, 0.3) is 0 Å². The van der Waals surface area contributed by atoms with Crippen molar-refractivity contribution in [2.24, 2.45) is 0 Å². The van der Waals surface area contributed by atoms with Crippen molar-refractivity contribution in [3.8, 4) is 0 Å². The number of hydrogen-bond acceptors (Lipinski definition) is 3. The molecule has 102 valence electrons. The average Bonchev–Trinajstić information content (AvgIpc) is 2.73. The van der Waals surface area contributed by atoms with Gasteiger partial charge in [0.15, 0.2) is 12.0 Å². The van der Waals surface area contributed by atoms with Crippen LogP contribution in [0.2, 0.25) is 0 Å². The van der Waals surface area contributed by atoms with Gasteiger partial charge in [0.05, 0.1) is 5.54 Å². The van der Waals surface area contributed by atoms with E-state index < -0.39 is 35.1 Å². The second-order valence-electron chi connectivity index (χ2n) is 5.89. The fourth-order valence-electron chi connectivity index (χ4n) is 3.67. The standard InChI is InChI=1S/C11H11F2N3O3/c12-5-1-6(8(17)18)15-7(5)14-16(9(15)19)11-2-10(13,3-11)4-11/h5-6H,1-4H2,(H,17,18)/t5-,6-,10?,11?/m0/s1. The highest BCUT2D eigenvalue weighted by atomic mass is 19.1. The van der Waals surface area contributed by atoms with E-state index in [1.807, 2.05) is 0 Å². The van der Waals surface area contributed by atoms with Crippen molar-refractivity contribution in [3.05, 3.63) is 16.3 Å². The Balaban J connectivity index is 1.82. The maximum atomic E-state index is 13.7. The lowest BCUT2D eigenvalue weighted by Crippen LogP contribution is -2.72. The Kier molecular flexibility index (Phi) is 1.69. The molecule has 0 saturated heterocycles. The summed E-state index contributed by atoms with van der Waals surface area (Å²) in [4.78, 5) is 23.2. The van der Waals surface area contributed by atoms with Crippen molar-refractivity contribution in [2.75, 3.05) is 0 Å². The van der Waals surface area contributed by atoms with Crippen LogP contribution in [-0.4, -0.2) is 31.1 Å². The third-order valence-corrected chi connectivity index (χ3v) is 4.53. The number of aromatic nitrogens is 3. The van der Waals surface area contributed by atoms with Gasteiger partial charge in [0, 0.05) is 25.7 Å². The highest BCUT2D eigenvalue weighted by Gasteiger charge is 2.72. The van der Waals surface area contributed by atoms with Crippen LogP contribution in [-0.2, 0) is 10.3 Å². The summed E-state index contributed by atoms with van der Waals surface area (Å²) < 4.78 is 29.2. The van der Waals surface area contributed by atoms with Crippen molar-refractivity contribution in [1.82, 2.24) is 14.3 Å². The first-order chi connectivity index (χ1) is 8.85. The lowest BCUT2D eigenvalue weighted by Gasteiger charge is -2.64. The Hall–Kier alpha value is -1.73. The van der Waals surface area contributed by atoms with Crippen LogP contribution in [0.4, 0.5) is 8.78 Å². The lowest BCUT2D eigenvalue weighted by atomic mass is 9.47. The molecule has 3 aliphatic carbocycles. The van der Waals surface area contributed by atoms with Crippen LogP contribution in [0.1, 0.15) is 43.7 Å². The molecule has 2 atom stereocenters. The maximum Gasteiger partial charge on any atom is 0.347 e. The summed E-state index contributed by atoms with van der Waals surface area (Å²) in [7, 11) is 0. The Bertz CT molecular complexity index is 645. The molecule has 19 heavy (non-hydrogen) atoms. The average molecular weight is 271 g/mol. The number of aliphatic carboxylic acids is 1. The molecule has 6 nitrogen and oxygen atoms in total. The van der Waals surface area contributed by atoms with Crippen LogP contribution in [0.3, 0.4) is 0 Å². The first-order valence-corrected chi connectivity index (χ1v) is 6.13. The first kappa shape index (κ1) is 11.1. The van der Waals surface area contributed by atoms with Crippen molar-refractivity contribution < 1.29 is 18.7 Å². The van der Waals surface area contributed by atoms with Gasteiger partial charge in [-0.1, -0.05) is 0 Å². The number of carbonyl (C=O) groups is 1. The van der Waals surface area contributed by atoms with E-state index >= 15 is 0 Å². The largest absolute Gasteiger partial charge is 0.480 e. The van der Waals surface area contributed by atoms with E-state index in [-0.39, 0.29) is 31.5 Å². The van der Waals surface area contributed by atoms with Crippen molar-refractivity contribution in [1.29, 1.82) is 0 Å². The summed E-state index contributed by atoms with van der Waals surface area (Å²) in [5, 5.41) is 12.9. The van der Waals surface area contributed by atoms with Crippen molar-refractivity contribution in [3.63, 3.8) is 0 Å². The molecule has 4 aliphatic rings. The zero-order valence-corrected chi connectivity index (χ0v) is 9.84. The van der Waals surface area contributed by atoms with Gasteiger partial charge in [-0.05, 0) is 0 Å². The summed E-state index contributed by atoms with van der Waals surface area (Å²) in [6.45, 7) is 0. The first-order valence-electron chi connectivity index (χ1n) is 6.13. The molecule has 3 saturated carbocycles. The van der Waals surface area contributed by atoms with Gasteiger partial charge in [0.1, 0.15) is 11.7 Å². The molecule has 1 aromatic heterocycles. The minimum Gasteiger partial charge on any atom is -0.480 e. The third-order valence-electron chi connectivity index (χ3n) is 4.53. The summed E-state index contributed by atoms with van der Waals surface area (Å²) in [5.41, 5.74) is -2.48. The van der Waals surface area contributed by atoms with Gasteiger partial charge in [0.2, 0.25) is 0 Å². The molecule has 8 heteroatoms. The van der Waals surface area contributed by atoms with E-state index in [0.717, 1.165) is 9.25 Å². The summed E-state index contributed by atoms with van der Waals surface area (Å²) in [5.74, 6) is -1.39. The van der Waals surface area contributed by atoms with Crippen LogP contribution >= 0.6 is 0 Å². The molecular formula is C11H11F2N3O3. The molecule has 1 aliphatic heterocycles. The van der Waals surface area contributed by atoms with E-state index in [0.29, 0.717) is 0 Å². The van der Waals surface area contributed by atoms with E-state index in [1.54, 1.807) is 0 Å². The Morgan fingerprint density at radius 3 is 2.58 bits per heavy atom. The normalized spacial score (nSPS) is 42.4. The molecular weight excluding hydrogens is 260 g/mol. The molecule has 5 rings (SSSR count). The summed E-state index contributed by atoms with van der Waals surface area (Å²) in [6, 6.07) is -1.21. The van der Waals surface area contributed by atoms with Gasteiger partial charge < -0.3 is 5.11 Å². The maximum absolute atomic E-state index is 13.7. The van der Waals surface area contributed by atoms with Crippen LogP contribution in [0, 0.1) is 0 Å². The highest BCUT2D eigenvalue weighted by molar-refractivity contribution is 5.72. The second-order valence-corrected chi connectivity index (χ2v) is 5.89. The number of fused-ring (bicyclic) bond motifs is 1. The van der Waals surface area contributed by atoms with Gasteiger partial charge in [-0.3, -0.25) is 4.57 Å². The van der Waals surface area contributed by atoms with Crippen LogP contribution < -0.4 is 5.69 Å². The molecule has 3 fully saturated rings.